The number of sulfonamides is 1. The van der Waals surface area contributed by atoms with Crippen LogP contribution < -0.4 is 10.1 Å². The second kappa shape index (κ2) is 13.2. The van der Waals surface area contributed by atoms with E-state index in [1.807, 2.05) is 6.92 Å². The van der Waals surface area contributed by atoms with Gasteiger partial charge in [-0.15, -0.1) is 0 Å². The SMILES string of the molecule is C.C.COc1cc(C)ccc1S(=O)(=O)N1CCCCC1CNC(=O)C1CCCCCCC1. The first kappa shape index (κ1) is 28.4. The number of carbonyl (C=O) groups excluding carboxylic acids is 1. The lowest BCUT2D eigenvalue weighted by Crippen LogP contribution is -2.50. The van der Waals surface area contributed by atoms with Gasteiger partial charge in [0.25, 0.3) is 0 Å². The summed E-state index contributed by atoms with van der Waals surface area (Å²) in [5, 5.41) is 3.09. The second-order valence-electron chi connectivity index (χ2n) is 8.71. The highest BCUT2D eigenvalue weighted by Crippen LogP contribution is 2.31. The smallest absolute Gasteiger partial charge is 0.247 e. The summed E-state index contributed by atoms with van der Waals surface area (Å²) in [5.74, 6) is 0.529. The molecule has 1 unspecified atom stereocenters. The van der Waals surface area contributed by atoms with Gasteiger partial charge in [0.05, 0.1) is 7.11 Å². The molecule has 0 bridgehead atoms. The highest BCUT2D eigenvalue weighted by Gasteiger charge is 2.35. The second-order valence-corrected chi connectivity index (χ2v) is 10.6. The molecule has 1 saturated heterocycles. The minimum atomic E-state index is -3.70. The number of methoxy groups -OCH3 is 1. The number of rotatable bonds is 6. The van der Waals surface area contributed by atoms with Gasteiger partial charge in [0.15, 0.2) is 0 Å². The van der Waals surface area contributed by atoms with Crippen LogP contribution in [0.3, 0.4) is 0 Å². The van der Waals surface area contributed by atoms with Gasteiger partial charge in [-0.3, -0.25) is 4.79 Å². The summed E-state index contributed by atoms with van der Waals surface area (Å²) >= 11 is 0. The Morgan fingerprint density at radius 1 is 1.03 bits per heavy atom. The first-order chi connectivity index (χ1) is 14.4. The summed E-state index contributed by atoms with van der Waals surface area (Å²) < 4.78 is 33.8. The minimum Gasteiger partial charge on any atom is -0.495 e. The number of hydrogen-bond donors (Lipinski definition) is 1. The number of aryl methyl sites for hydroxylation is 1. The van der Waals surface area contributed by atoms with Crippen molar-refractivity contribution in [2.75, 3.05) is 20.2 Å². The summed E-state index contributed by atoms with van der Waals surface area (Å²) in [5.41, 5.74) is 0.951. The number of nitrogens with zero attached hydrogens (tertiary/aromatic N) is 1. The van der Waals surface area contributed by atoms with Gasteiger partial charge in [-0.25, -0.2) is 8.42 Å². The summed E-state index contributed by atoms with van der Waals surface area (Å²) in [6.45, 7) is 2.76. The van der Waals surface area contributed by atoms with E-state index in [1.165, 1.54) is 26.4 Å². The summed E-state index contributed by atoms with van der Waals surface area (Å²) in [4.78, 5) is 13.0. The predicted molar refractivity (Wildman–Crippen MR) is 132 cm³/mol. The molecule has 1 heterocycles. The number of nitrogens with one attached hydrogen (secondary N) is 1. The molecule has 0 spiro atoms. The number of hydrogen-bond acceptors (Lipinski definition) is 4. The third-order valence-corrected chi connectivity index (χ3v) is 8.46. The molecule has 1 atom stereocenters. The van der Waals surface area contributed by atoms with Crippen LogP contribution in [0.5, 0.6) is 5.75 Å². The Hall–Kier alpha value is -1.60. The molecule has 1 saturated carbocycles. The van der Waals surface area contributed by atoms with Crippen LogP contribution in [0.25, 0.3) is 0 Å². The van der Waals surface area contributed by atoms with Crippen LogP contribution >= 0.6 is 0 Å². The average Bonchev–Trinajstić information content (AvgIpc) is 2.71. The van der Waals surface area contributed by atoms with Crippen LogP contribution in [0.4, 0.5) is 0 Å². The molecular weight excluding hydrogens is 424 g/mol. The molecule has 7 heteroatoms. The van der Waals surface area contributed by atoms with E-state index in [1.54, 1.807) is 22.5 Å². The van der Waals surface area contributed by atoms with Crippen LogP contribution in [0, 0.1) is 12.8 Å². The van der Waals surface area contributed by atoms with Gasteiger partial charge in [-0.05, 0) is 50.3 Å². The zero-order valence-electron chi connectivity index (χ0n) is 18.4. The highest BCUT2D eigenvalue weighted by molar-refractivity contribution is 7.89. The Morgan fingerprint density at radius 3 is 2.31 bits per heavy atom. The lowest BCUT2D eigenvalue weighted by Gasteiger charge is -2.35. The zero-order chi connectivity index (χ0) is 21.6. The minimum absolute atomic E-state index is 0. The van der Waals surface area contributed by atoms with E-state index >= 15 is 0 Å². The fourth-order valence-corrected chi connectivity index (χ4v) is 6.52. The van der Waals surface area contributed by atoms with E-state index in [0.29, 0.717) is 18.8 Å². The van der Waals surface area contributed by atoms with Crippen molar-refractivity contribution in [2.45, 2.75) is 96.9 Å². The quantitative estimate of drug-likeness (QED) is 0.615. The molecule has 32 heavy (non-hydrogen) atoms. The van der Waals surface area contributed by atoms with Crippen LogP contribution in [0.2, 0.25) is 0 Å². The van der Waals surface area contributed by atoms with Gasteiger partial charge in [0, 0.05) is 25.0 Å². The van der Waals surface area contributed by atoms with Gasteiger partial charge >= 0.3 is 0 Å². The van der Waals surface area contributed by atoms with Gasteiger partial charge in [0.1, 0.15) is 10.6 Å². The Labute approximate surface area is 196 Å². The number of benzene rings is 1. The third-order valence-electron chi connectivity index (χ3n) is 6.47. The first-order valence-corrected chi connectivity index (χ1v) is 12.8. The monoisotopic (exact) mass is 468 g/mol. The van der Waals surface area contributed by atoms with Crippen LogP contribution in [-0.2, 0) is 14.8 Å². The summed E-state index contributed by atoms with van der Waals surface area (Å²) in [7, 11) is -2.20. The van der Waals surface area contributed by atoms with Crippen molar-refractivity contribution in [2.24, 2.45) is 5.92 Å². The first-order valence-electron chi connectivity index (χ1n) is 11.4. The van der Waals surface area contributed by atoms with E-state index in [0.717, 1.165) is 50.5 Å². The third kappa shape index (κ3) is 6.95. The maximum atomic E-state index is 13.5. The van der Waals surface area contributed by atoms with Crippen molar-refractivity contribution < 1.29 is 17.9 Å². The largest absolute Gasteiger partial charge is 0.495 e. The predicted octanol–water partition coefficient (Wildman–Crippen LogP) is 5.30. The zero-order valence-corrected chi connectivity index (χ0v) is 19.2. The molecule has 0 radical (unpaired) electrons. The molecule has 6 nitrogen and oxygen atoms in total. The van der Waals surface area contributed by atoms with E-state index in [2.05, 4.69) is 5.32 Å². The van der Waals surface area contributed by atoms with E-state index in [4.69, 9.17) is 4.74 Å². The summed E-state index contributed by atoms with van der Waals surface area (Å²) in [6.07, 6.45) is 10.3. The molecule has 1 aromatic carbocycles. The molecule has 1 amide bonds. The van der Waals surface area contributed by atoms with Gasteiger partial charge in [-0.1, -0.05) is 59.4 Å². The van der Waals surface area contributed by atoms with Crippen LogP contribution in [0.1, 0.15) is 84.6 Å². The fraction of sp³-hybridized carbons (Fsp3) is 0.720. The van der Waals surface area contributed by atoms with Crippen molar-refractivity contribution in [3.8, 4) is 5.75 Å². The number of piperidine rings is 1. The highest BCUT2D eigenvalue weighted by atomic mass is 32.2. The molecule has 1 aromatic rings. The van der Waals surface area contributed by atoms with Gasteiger partial charge < -0.3 is 10.1 Å². The lowest BCUT2D eigenvalue weighted by molar-refractivity contribution is -0.125. The molecular formula is C25H44N2O4S. The van der Waals surface area contributed by atoms with Crippen LogP contribution in [-0.4, -0.2) is 44.9 Å². The van der Waals surface area contributed by atoms with Crippen molar-refractivity contribution >= 4 is 15.9 Å². The number of amides is 1. The normalized spacial score (nSPS) is 20.8. The molecule has 184 valence electrons. The number of ether oxygens (including phenoxy) is 1. The summed E-state index contributed by atoms with van der Waals surface area (Å²) in [6, 6.07) is 4.96. The Kier molecular flexibility index (Phi) is 11.7. The van der Waals surface area contributed by atoms with Crippen molar-refractivity contribution in [1.29, 1.82) is 0 Å². The average molecular weight is 469 g/mol. The van der Waals surface area contributed by atoms with E-state index in [9.17, 15) is 13.2 Å². The molecule has 0 aromatic heterocycles. The topological polar surface area (TPSA) is 75.7 Å². The van der Waals surface area contributed by atoms with Crippen molar-refractivity contribution in [1.82, 2.24) is 9.62 Å². The molecule has 1 aliphatic heterocycles. The standard InChI is InChI=1S/C23H36N2O4S.2CH4/c1-18-13-14-22(21(16-18)29-2)30(27,28)25-15-9-8-12-20(25)17-24-23(26)19-10-6-4-3-5-7-11-19;;/h13-14,16,19-20H,3-12,15,17H2,1-2H3,(H,24,26);2*1H4. The fourth-order valence-electron chi connectivity index (χ4n) is 4.69. The Morgan fingerprint density at radius 2 is 1.66 bits per heavy atom. The maximum absolute atomic E-state index is 13.5. The molecule has 1 aliphatic carbocycles. The molecule has 3 rings (SSSR count). The van der Waals surface area contributed by atoms with E-state index < -0.39 is 10.0 Å². The lowest BCUT2D eigenvalue weighted by atomic mass is 9.90. The molecule has 2 fully saturated rings. The van der Waals surface area contributed by atoms with Gasteiger partial charge in [0.2, 0.25) is 15.9 Å². The molecule has 2 aliphatic rings. The van der Waals surface area contributed by atoms with Gasteiger partial charge in [-0.2, -0.15) is 4.31 Å². The maximum Gasteiger partial charge on any atom is 0.247 e. The number of carbonyl (C=O) groups is 1. The van der Waals surface area contributed by atoms with Crippen molar-refractivity contribution in [3.05, 3.63) is 23.8 Å². The Balaban J connectivity index is 0.00000256. The van der Waals surface area contributed by atoms with Crippen molar-refractivity contribution in [3.63, 3.8) is 0 Å². The van der Waals surface area contributed by atoms with E-state index in [-0.39, 0.29) is 37.6 Å². The van der Waals surface area contributed by atoms with Crippen LogP contribution in [0.15, 0.2) is 23.1 Å². The molecule has 1 N–H and O–H groups in total. The Bertz CT molecular complexity index is 817.